The van der Waals surface area contributed by atoms with E-state index in [1.165, 1.54) is 5.69 Å². The number of hydrogen-bond donors (Lipinski definition) is 1. The third kappa shape index (κ3) is 1.51. The Morgan fingerprint density at radius 3 is 3.06 bits per heavy atom. The number of hydrogen-bond acceptors (Lipinski definition) is 3. The fourth-order valence-electron chi connectivity index (χ4n) is 2.21. The van der Waals surface area contributed by atoms with Gasteiger partial charge in [-0.25, -0.2) is 4.98 Å². The molecule has 1 atom stereocenters. The Hall–Kier alpha value is -1.68. The Morgan fingerprint density at radius 1 is 1.31 bits per heavy atom. The molecule has 1 unspecified atom stereocenters. The predicted octanol–water partition coefficient (Wildman–Crippen LogP) is 1.22. The fourth-order valence-corrected chi connectivity index (χ4v) is 2.21. The van der Waals surface area contributed by atoms with Crippen LogP contribution >= 0.6 is 0 Å². The Bertz CT molecular complexity index is 489. The molecule has 0 aromatic carbocycles. The van der Waals surface area contributed by atoms with Crippen LogP contribution in [0.1, 0.15) is 12.1 Å². The van der Waals surface area contributed by atoms with Crippen LogP contribution in [0.4, 0.5) is 0 Å². The molecule has 2 N–H and O–H groups in total. The van der Waals surface area contributed by atoms with Crippen molar-refractivity contribution in [1.82, 2.24) is 14.5 Å². The zero-order chi connectivity index (χ0) is 11.0. The molecule has 0 spiro atoms. The van der Waals surface area contributed by atoms with E-state index in [-0.39, 0.29) is 6.04 Å². The quantitative estimate of drug-likeness (QED) is 0.776. The Balaban J connectivity index is 2.04. The third-order valence-electron chi connectivity index (χ3n) is 3.04. The van der Waals surface area contributed by atoms with Crippen LogP contribution in [-0.4, -0.2) is 20.6 Å². The van der Waals surface area contributed by atoms with Crippen LogP contribution in [-0.2, 0) is 13.0 Å². The summed E-state index contributed by atoms with van der Waals surface area (Å²) in [6.45, 7) is 0.870. The molecule has 0 bridgehead atoms. The highest BCUT2D eigenvalue weighted by atomic mass is 15.1. The van der Waals surface area contributed by atoms with Crippen molar-refractivity contribution in [3.63, 3.8) is 0 Å². The van der Waals surface area contributed by atoms with Crippen LogP contribution in [0.25, 0.3) is 11.4 Å². The van der Waals surface area contributed by atoms with Gasteiger partial charge >= 0.3 is 0 Å². The monoisotopic (exact) mass is 214 g/mol. The van der Waals surface area contributed by atoms with E-state index in [1.807, 2.05) is 24.5 Å². The van der Waals surface area contributed by atoms with Crippen LogP contribution in [0, 0.1) is 0 Å². The lowest BCUT2D eigenvalue weighted by Gasteiger charge is -2.21. The maximum Gasteiger partial charge on any atom is 0.110 e. The van der Waals surface area contributed by atoms with Crippen molar-refractivity contribution in [2.75, 3.05) is 0 Å². The normalized spacial score (nSPS) is 19.4. The molecule has 82 valence electrons. The predicted molar refractivity (Wildman–Crippen MR) is 61.8 cm³/mol. The molecule has 4 heteroatoms. The summed E-state index contributed by atoms with van der Waals surface area (Å²) in [4.78, 5) is 8.79. The molecule has 2 aromatic rings. The second kappa shape index (κ2) is 3.72. The van der Waals surface area contributed by atoms with Crippen molar-refractivity contribution >= 4 is 0 Å². The molecule has 0 fully saturated rings. The van der Waals surface area contributed by atoms with E-state index >= 15 is 0 Å². The number of aromatic nitrogens is 3. The minimum atomic E-state index is 0.262. The van der Waals surface area contributed by atoms with Crippen LogP contribution in [0.5, 0.6) is 0 Å². The van der Waals surface area contributed by atoms with Gasteiger partial charge in [0.1, 0.15) is 5.69 Å². The van der Waals surface area contributed by atoms with Crippen molar-refractivity contribution in [2.24, 2.45) is 5.73 Å². The summed E-state index contributed by atoms with van der Waals surface area (Å²) in [5, 5.41) is 0. The van der Waals surface area contributed by atoms with Crippen molar-refractivity contribution in [2.45, 2.75) is 25.4 Å². The summed E-state index contributed by atoms with van der Waals surface area (Å²) in [7, 11) is 0. The molecule has 0 saturated carbocycles. The van der Waals surface area contributed by atoms with Gasteiger partial charge in [0.15, 0.2) is 0 Å². The van der Waals surface area contributed by atoms with Gasteiger partial charge in [0.05, 0.1) is 12.0 Å². The second-order valence-electron chi connectivity index (χ2n) is 4.21. The summed E-state index contributed by atoms with van der Waals surface area (Å²) in [5.74, 6) is 0. The van der Waals surface area contributed by atoms with Gasteiger partial charge in [-0.1, -0.05) is 6.07 Å². The van der Waals surface area contributed by atoms with Gasteiger partial charge in [0.2, 0.25) is 0 Å². The highest BCUT2D eigenvalue weighted by molar-refractivity contribution is 5.57. The van der Waals surface area contributed by atoms with E-state index in [0.717, 1.165) is 30.8 Å². The molecule has 16 heavy (non-hydrogen) atoms. The van der Waals surface area contributed by atoms with Crippen LogP contribution in [0.3, 0.4) is 0 Å². The first kappa shape index (κ1) is 9.54. The van der Waals surface area contributed by atoms with Crippen molar-refractivity contribution in [3.8, 4) is 11.4 Å². The summed E-state index contributed by atoms with van der Waals surface area (Å²) in [5.41, 5.74) is 9.16. The van der Waals surface area contributed by atoms with E-state index in [4.69, 9.17) is 5.73 Å². The third-order valence-corrected chi connectivity index (χ3v) is 3.04. The SMILES string of the molecule is NC1CCc2c(-c3ccccn3)ncn2C1. The zero-order valence-electron chi connectivity index (χ0n) is 9.00. The summed E-state index contributed by atoms with van der Waals surface area (Å²) in [6, 6.07) is 6.17. The standard InChI is InChI=1S/C12H14N4/c13-9-4-5-11-12(15-8-16(11)7-9)10-3-1-2-6-14-10/h1-3,6,8-9H,4-5,7,13H2. The minimum absolute atomic E-state index is 0.262. The van der Waals surface area contributed by atoms with Crippen LogP contribution in [0.2, 0.25) is 0 Å². The molecule has 3 heterocycles. The Morgan fingerprint density at radius 2 is 2.25 bits per heavy atom. The van der Waals surface area contributed by atoms with Crippen molar-refractivity contribution < 1.29 is 0 Å². The molecule has 1 aliphatic heterocycles. The molecule has 2 aromatic heterocycles. The number of nitrogens with zero attached hydrogens (tertiary/aromatic N) is 3. The number of rotatable bonds is 1. The van der Waals surface area contributed by atoms with Gasteiger partial charge in [-0.2, -0.15) is 0 Å². The van der Waals surface area contributed by atoms with Gasteiger partial charge in [-0.15, -0.1) is 0 Å². The largest absolute Gasteiger partial charge is 0.332 e. The lowest BCUT2D eigenvalue weighted by Crippen LogP contribution is -2.31. The molecule has 0 aliphatic carbocycles. The van der Waals surface area contributed by atoms with Gasteiger partial charge < -0.3 is 10.3 Å². The molecule has 3 rings (SSSR count). The number of imidazole rings is 1. The molecular weight excluding hydrogens is 200 g/mol. The summed E-state index contributed by atoms with van der Waals surface area (Å²) < 4.78 is 2.15. The smallest absolute Gasteiger partial charge is 0.110 e. The topological polar surface area (TPSA) is 56.7 Å². The molecule has 4 nitrogen and oxygen atoms in total. The fraction of sp³-hybridized carbons (Fsp3) is 0.333. The Kier molecular flexibility index (Phi) is 2.22. The average molecular weight is 214 g/mol. The maximum atomic E-state index is 5.93. The van der Waals surface area contributed by atoms with Crippen LogP contribution < -0.4 is 5.73 Å². The molecule has 0 saturated heterocycles. The van der Waals surface area contributed by atoms with Crippen molar-refractivity contribution in [3.05, 3.63) is 36.4 Å². The first-order chi connectivity index (χ1) is 7.84. The number of nitrogens with two attached hydrogens (primary N) is 1. The lowest BCUT2D eigenvalue weighted by molar-refractivity contribution is 0.461. The van der Waals surface area contributed by atoms with Crippen LogP contribution in [0.15, 0.2) is 30.7 Å². The molecule has 1 aliphatic rings. The van der Waals surface area contributed by atoms with Crippen molar-refractivity contribution in [1.29, 1.82) is 0 Å². The minimum Gasteiger partial charge on any atom is -0.332 e. The van der Waals surface area contributed by atoms with E-state index in [1.54, 1.807) is 6.20 Å². The second-order valence-corrected chi connectivity index (χ2v) is 4.21. The lowest BCUT2D eigenvalue weighted by atomic mass is 10.0. The Labute approximate surface area is 94.1 Å². The average Bonchev–Trinajstić information content (AvgIpc) is 2.73. The van der Waals surface area contributed by atoms with E-state index in [2.05, 4.69) is 14.5 Å². The highest BCUT2D eigenvalue weighted by Gasteiger charge is 2.20. The zero-order valence-corrected chi connectivity index (χ0v) is 9.00. The summed E-state index contributed by atoms with van der Waals surface area (Å²) >= 11 is 0. The van der Waals surface area contributed by atoms with E-state index < -0.39 is 0 Å². The number of fused-ring (bicyclic) bond motifs is 1. The molecule has 0 radical (unpaired) electrons. The molecular formula is C12H14N4. The van der Waals surface area contributed by atoms with Gasteiger partial charge in [0.25, 0.3) is 0 Å². The summed E-state index contributed by atoms with van der Waals surface area (Å²) in [6.07, 6.45) is 5.70. The van der Waals surface area contributed by atoms with E-state index in [0.29, 0.717) is 0 Å². The van der Waals surface area contributed by atoms with Gasteiger partial charge in [-0.05, 0) is 25.0 Å². The maximum absolute atomic E-state index is 5.93. The highest BCUT2D eigenvalue weighted by Crippen LogP contribution is 2.24. The van der Waals surface area contributed by atoms with E-state index in [9.17, 15) is 0 Å². The molecule has 0 amide bonds. The first-order valence-corrected chi connectivity index (χ1v) is 5.55. The number of pyridine rings is 1. The van der Waals surface area contributed by atoms with Gasteiger partial charge in [-0.3, -0.25) is 4.98 Å². The van der Waals surface area contributed by atoms with Gasteiger partial charge in [0, 0.05) is 24.5 Å². The first-order valence-electron chi connectivity index (χ1n) is 5.55.